The topological polar surface area (TPSA) is 15.3 Å². The van der Waals surface area contributed by atoms with Gasteiger partial charge in [-0.15, -0.1) is 0 Å². The second kappa shape index (κ2) is 8.08. The molecule has 1 rings (SSSR count). The minimum absolute atomic E-state index is 0.681. The average molecular weight is 226 g/mol. The first-order valence-corrected chi connectivity index (χ1v) is 7.21. The van der Waals surface area contributed by atoms with Gasteiger partial charge in [0.2, 0.25) is 0 Å². The standard InChI is InChI=1S/C14H30N2/c1-4-16(13(2)3)12-11-15-14-9-7-5-6-8-10-14/h13-15H,4-12H2,1-3H3. The lowest BCUT2D eigenvalue weighted by Gasteiger charge is -2.26. The fourth-order valence-corrected chi connectivity index (χ4v) is 2.68. The Bertz CT molecular complexity index is 160. The molecule has 0 aromatic carbocycles. The van der Waals surface area contributed by atoms with Gasteiger partial charge in [0.1, 0.15) is 0 Å². The van der Waals surface area contributed by atoms with Gasteiger partial charge < -0.3 is 5.32 Å². The van der Waals surface area contributed by atoms with E-state index >= 15 is 0 Å². The summed E-state index contributed by atoms with van der Waals surface area (Å²) in [6, 6.07) is 1.48. The maximum absolute atomic E-state index is 3.74. The van der Waals surface area contributed by atoms with Crippen LogP contribution in [-0.2, 0) is 0 Å². The van der Waals surface area contributed by atoms with E-state index in [1.807, 2.05) is 0 Å². The van der Waals surface area contributed by atoms with E-state index < -0.39 is 0 Å². The zero-order valence-electron chi connectivity index (χ0n) is 11.5. The van der Waals surface area contributed by atoms with Crippen LogP contribution in [0.3, 0.4) is 0 Å². The van der Waals surface area contributed by atoms with Crippen LogP contribution in [0.15, 0.2) is 0 Å². The summed E-state index contributed by atoms with van der Waals surface area (Å²) in [4.78, 5) is 2.53. The molecule has 1 fully saturated rings. The van der Waals surface area contributed by atoms with E-state index in [0.717, 1.165) is 12.6 Å². The molecule has 16 heavy (non-hydrogen) atoms. The van der Waals surface area contributed by atoms with Gasteiger partial charge in [-0.1, -0.05) is 32.6 Å². The second-order valence-electron chi connectivity index (χ2n) is 5.36. The van der Waals surface area contributed by atoms with Gasteiger partial charge in [0, 0.05) is 25.2 Å². The summed E-state index contributed by atoms with van der Waals surface area (Å²) in [5.74, 6) is 0. The number of nitrogens with zero attached hydrogens (tertiary/aromatic N) is 1. The molecule has 0 amide bonds. The van der Waals surface area contributed by atoms with Crippen molar-refractivity contribution in [3.8, 4) is 0 Å². The molecule has 2 heteroatoms. The van der Waals surface area contributed by atoms with Crippen LogP contribution in [-0.4, -0.2) is 36.6 Å². The second-order valence-corrected chi connectivity index (χ2v) is 5.36. The van der Waals surface area contributed by atoms with Crippen LogP contribution in [0.4, 0.5) is 0 Å². The molecule has 2 nitrogen and oxygen atoms in total. The van der Waals surface area contributed by atoms with Crippen LogP contribution in [0.5, 0.6) is 0 Å². The van der Waals surface area contributed by atoms with E-state index in [9.17, 15) is 0 Å². The maximum Gasteiger partial charge on any atom is 0.0110 e. The predicted octanol–water partition coefficient (Wildman–Crippen LogP) is 3.03. The Labute approximate surface area is 102 Å². The Balaban J connectivity index is 2.13. The van der Waals surface area contributed by atoms with E-state index in [-0.39, 0.29) is 0 Å². The first-order valence-electron chi connectivity index (χ1n) is 7.21. The van der Waals surface area contributed by atoms with Gasteiger partial charge in [-0.05, 0) is 33.2 Å². The normalized spacial score (nSPS) is 19.3. The molecule has 0 saturated heterocycles. The van der Waals surface area contributed by atoms with Crippen molar-refractivity contribution in [3.05, 3.63) is 0 Å². The Hall–Kier alpha value is -0.0800. The van der Waals surface area contributed by atoms with Gasteiger partial charge in [-0.3, -0.25) is 4.90 Å². The van der Waals surface area contributed by atoms with Gasteiger partial charge in [0.25, 0.3) is 0 Å². The largest absolute Gasteiger partial charge is 0.313 e. The predicted molar refractivity (Wildman–Crippen MR) is 71.9 cm³/mol. The molecule has 0 heterocycles. The number of hydrogen-bond donors (Lipinski definition) is 1. The van der Waals surface area contributed by atoms with Crippen LogP contribution in [0.1, 0.15) is 59.3 Å². The van der Waals surface area contributed by atoms with Crippen LogP contribution in [0.2, 0.25) is 0 Å². The van der Waals surface area contributed by atoms with Crippen LogP contribution in [0, 0.1) is 0 Å². The minimum Gasteiger partial charge on any atom is -0.313 e. The van der Waals surface area contributed by atoms with E-state index in [4.69, 9.17) is 0 Å². The molecule has 1 aliphatic carbocycles. The van der Waals surface area contributed by atoms with Gasteiger partial charge in [-0.2, -0.15) is 0 Å². The molecule has 1 N–H and O–H groups in total. The lowest BCUT2D eigenvalue weighted by molar-refractivity contribution is 0.229. The lowest BCUT2D eigenvalue weighted by Crippen LogP contribution is -2.39. The van der Waals surface area contributed by atoms with Crippen LogP contribution >= 0.6 is 0 Å². The molecular weight excluding hydrogens is 196 g/mol. The molecule has 0 aromatic rings. The maximum atomic E-state index is 3.74. The highest BCUT2D eigenvalue weighted by molar-refractivity contribution is 4.72. The first-order chi connectivity index (χ1) is 7.74. The van der Waals surface area contributed by atoms with Crippen molar-refractivity contribution in [1.29, 1.82) is 0 Å². The zero-order valence-corrected chi connectivity index (χ0v) is 11.5. The summed E-state index contributed by atoms with van der Waals surface area (Å²) in [5, 5.41) is 3.74. The van der Waals surface area contributed by atoms with Crippen LogP contribution < -0.4 is 5.32 Å². The Morgan fingerprint density at radius 3 is 2.25 bits per heavy atom. The third-order valence-electron chi connectivity index (χ3n) is 3.82. The van der Waals surface area contributed by atoms with Gasteiger partial charge in [-0.25, -0.2) is 0 Å². The fourth-order valence-electron chi connectivity index (χ4n) is 2.68. The molecule has 0 unspecified atom stereocenters. The number of nitrogens with one attached hydrogen (secondary N) is 1. The molecule has 0 aromatic heterocycles. The summed E-state index contributed by atoms with van der Waals surface area (Å²) < 4.78 is 0. The number of rotatable bonds is 6. The molecule has 0 radical (unpaired) electrons. The Kier molecular flexibility index (Phi) is 7.06. The summed E-state index contributed by atoms with van der Waals surface area (Å²) in [5.41, 5.74) is 0. The third-order valence-corrected chi connectivity index (χ3v) is 3.82. The van der Waals surface area contributed by atoms with Gasteiger partial charge in [0.15, 0.2) is 0 Å². The van der Waals surface area contributed by atoms with Crippen molar-refractivity contribution in [2.24, 2.45) is 0 Å². The smallest absolute Gasteiger partial charge is 0.0110 e. The summed E-state index contributed by atoms with van der Waals surface area (Å²) in [6.07, 6.45) is 8.55. The minimum atomic E-state index is 0.681. The van der Waals surface area contributed by atoms with Crippen molar-refractivity contribution in [2.75, 3.05) is 19.6 Å². The first kappa shape index (κ1) is 14.0. The van der Waals surface area contributed by atoms with Crippen molar-refractivity contribution in [1.82, 2.24) is 10.2 Å². The van der Waals surface area contributed by atoms with E-state index in [1.54, 1.807) is 0 Å². The Morgan fingerprint density at radius 1 is 1.12 bits per heavy atom. The molecule has 96 valence electrons. The summed E-state index contributed by atoms with van der Waals surface area (Å²) >= 11 is 0. The quantitative estimate of drug-likeness (QED) is 0.700. The Morgan fingerprint density at radius 2 is 1.75 bits per heavy atom. The zero-order chi connectivity index (χ0) is 11.8. The van der Waals surface area contributed by atoms with Gasteiger partial charge >= 0.3 is 0 Å². The highest BCUT2D eigenvalue weighted by Gasteiger charge is 2.12. The molecule has 0 spiro atoms. The van der Waals surface area contributed by atoms with Crippen molar-refractivity contribution >= 4 is 0 Å². The number of likely N-dealkylation sites (N-methyl/N-ethyl adjacent to an activating group) is 1. The number of hydrogen-bond acceptors (Lipinski definition) is 2. The SMILES string of the molecule is CCN(CCNC1CCCCCC1)C(C)C. The van der Waals surface area contributed by atoms with Crippen molar-refractivity contribution in [3.63, 3.8) is 0 Å². The van der Waals surface area contributed by atoms with Gasteiger partial charge in [0.05, 0.1) is 0 Å². The van der Waals surface area contributed by atoms with Crippen molar-refractivity contribution < 1.29 is 0 Å². The average Bonchev–Trinajstić information content (AvgIpc) is 2.52. The van der Waals surface area contributed by atoms with Crippen molar-refractivity contribution in [2.45, 2.75) is 71.4 Å². The summed E-state index contributed by atoms with van der Waals surface area (Å²) in [6.45, 7) is 10.4. The molecule has 0 atom stereocenters. The molecular formula is C14H30N2. The molecule has 1 aliphatic rings. The lowest BCUT2D eigenvalue weighted by atomic mass is 10.1. The monoisotopic (exact) mass is 226 g/mol. The fraction of sp³-hybridized carbons (Fsp3) is 1.00. The van der Waals surface area contributed by atoms with E-state index in [2.05, 4.69) is 31.0 Å². The molecule has 1 saturated carbocycles. The molecule has 0 aliphatic heterocycles. The highest BCUT2D eigenvalue weighted by atomic mass is 15.2. The van der Waals surface area contributed by atoms with Crippen LogP contribution in [0.25, 0.3) is 0 Å². The van der Waals surface area contributed by atoms with E-state index in [1.165, 1.54) is 51.6 Å². The van der Waals surface area contributed by atoms with E-state index in [0.29, 0.717) is 6.04 Å². The highest BCUT2D eigenvalue weighted by Crippen LogP contribution is 2.16. The third kappa shape index (κ3) is 5.31. The molecule has 0 bridgehead atoms. The summed E-state index contributed by atoms with van der Waals surface area (Å²) in [7, 11) is 0.